The highest BCUT2D eigenvalue weighted by Gasteiger charge is 2.65. The summed E-state index contributed by atoms with van der Waals surface area (Å²) in [4.78, 5) is 28.0. The Balaban J connectivity index is 1.63. The lowest BCUT2D eigenvalue weighted by molar-refractivity contribution is -0.198. The van der Waals surface area contributed by atoms with Crippen LogP contribution in [0, 0.1) is 40.4 Å². The third kappa shape index (κ3) is 4.65. The highest BCUT2D eigenvalue weighted by Crippen LogP contribution is 2.68. The first-order chi connectivity index (χ1) is 16.0. The van der Waals surface area contributed by atoms with Crippen LogP contribution in [-0.2, 0) is 14.3 Å². The van der Waals surface area contributed by atoms with Crippen LogP contribution in [0.1, 0.15) is 85.5 Å². The number of alkyl halides is 1. The fraction of sp³-hybridized carbons (Fsp3) is 0.929. The summed E-state index contributed by atoms with van der Waals surface area (Å²) in [5.41, 5.74) is -0.0533. The average Bonchev–Trinajstić information content (AvgIpc) is 3.10. The van der Waals surface area contributed by atoms with Crippen molar-refractivity contribution in [3.8, 4) is 0 Å². The number of carbonyl (C=O) groups excluding carboxylic acids is 2. The molecule has 6 heteroatoms. The van der Waals surface area contributed by atoms with Gasteiger partial charge in [-0.2, -0.15) is 0 Å². The van der Waals surface area contributed by atoms with E-state index in [2.05, 4.69) is 41.6 Å². The molecular formula is C28H46BrNO4. The van der Waals surface area contributed by atoms with E-state index in [0.717, 1.165) is 64.3 Å². The van der Waals surface area contributed by atoms with Crippen molar-refractivity contribution in [2.45, 2.75) is 103 Å². The van der Waals surface area contributed by atoms with Crippen molar-refractivity contribution in [2.75, 3.05) is 20.1 Å². The fourth-order valence-corrected chi connectivity index (χ4v) is 9.95. The van der Waals surface area contributed by atoms with Crippen LogP contribution in [0.4, 0.5) is 0 Å². The molecule has 0 aromatic heterocycles. The molecule has 5 nitrogen and oxygen atoms in total. The molecule has 0 aromatic rings. The van der Waals surface area contributed by atoms with Crippen LogP contribution in [0.2, 0.25) is 0 Å². The molecule has 4 fully saturated rings. The number of unbranched alkanes of at least 4 members (excludes halogenated alkanes) is 1. The number of rotatable bonds is 7. The van der Waals surface area contributed by atoms with E-state index in [0.29, 0.717) is 36.0 Å². The fourth-order valence-electron chi connectivity index (χ4n) is 9.04. The molecule has 1 N–H and O–H groups in total. The lowest BCUT2D eigenvalue weighted by atomic mass is 9.43. The molecule has 0 bridgehead atoms. The first kappa shape index (κ1) is 26.6. The van der Waals surface area contributed by atoms with E-state index in [-0.39, 0.29) is 39.8 Å². The molecule has 0 unspecified atom stereocenters. The largest absolute Gasteiger partial charge is 0.461 e. The molecule has 34 heavy (non-hydrogen) atoms. The molecule has 194 valence electrons. The average molecular weight is 541 g/mol. The summed E-state index contributed by atoms with van der Waals surface area (Å²) >= 11 is 3.78. The number of halogens is 1. The van der Waals surface area contributed by atoms with Crippen molar-refractivity contribution < 1.29 is 19.4 Å². The minimum absolute atomic E-state index is 0.0328. The number of carbonyl (C=O) groups is 2. The van der Waals surface area contributed by atoms with Gasteiger partial charge >= 0.3 is 5.97 Å². The van der Waals surface area contributed by atoms with Crippen molar-refractivity contribution in [1.29, 1.82) is 0 Å². The highest BCUT2D eigenvalue weighted by molar-refractivity contribution is 9.09. The Morgan fingerprint density at radius 2 is 1.85 bits per heavy atom. The number of hydrogen-bond donors (Lipinski definition) is 1. The molecule has 10 atom stereocenters. The molecule has 4 rings (SSSR count). The van der Waals surface area contributed by atoms with E-state index in [1.165, 1.54) is 0 Å². The Morgan fingerprint density at radius 3 is 2.53 bits per heavy atom. The van der Waals surface area contributed by atoms with Gasteiger partial charge in [0.15, 0.2) is 0 Å². The Kier molecular flexibility index (Phi) is 7.92. The number of ketones is 1. The summed E-state index contributed by atoms with van der Waals surface area (Å²) in [6, 6.07) is 0. The van der Waals surface area contributed by atoms with Gasteiger partial charge < -0.3 is 9.84 Å². The predicted molar refractivity (Wildman–Crippen MR) is 138 cm³/mol. The van der Waals surface area contributed by atoms with Crippen LogP contribution in [0.15, 0.2) is 0 Å². The second kappa shape index (κ2) is 10.1. The zero-order valence-electron chi connectivity index (χ0n) is 21.9. The lowest BCUT2D eigenvalue weighted by Gasteiger charge is -2.63. The number of likely N-dealkylation sites (N-methyl/N-ethyl adjacent to an activating group) is 1. The van der Waals surface area contributed by atoms with E-state index >= 15 is 0 Å². The highest BCUT2D eigenvalue weighted by atomic mass is 79.9. The van der Waals surface area contributed by atoms with Crippen molar-refractivity contribution in [3.63, 3.8) is 0 Å². The summed E-state index contributed by atoms with van der Waals surface area (Å²) in [5, 5.41) is 10.6. The van der Waals surface area contributed by atoms with Crippen LogP contribution in [0.25, 0.3) is 0 Å². The summed E-state index contributed by atoms with van der Waals surface area (Å²) < 4.78 is 6.42. The Hall–Kier alpha value is -0.460. The number of nitrogens with zero attached hydrogens (tertiary/aromatic N) is 1. The van der Waals surface area contributed by atoms with Gasteiger partial charge in [-0.1, -0.05) is 43.1 Å². The number of aliphatic hydroxyl groups is 1. The maximum atomic E-state index is 13.2. The van der Waals surface area contributed by atoms with Crippen LogP contribution < -0.4 is 0 Å². The molecule has 0 aromatic carbocycles. The molecule has 4 aliphatic carbocycles. The van der Waals surface area contributed by atoms with Crippen molar-refractivity contribution in [1.82, 2.24) is 4.90 Å². The number of ether oxygens (including phenoxy) is 1. The quantitative estimate of drug-likeness (QED) is 0.354. The van der Waals surface area contributed by atoms with E-state index in [1.807, 2.05) is 7.05 Å². The normalized spacial score (nSPS) is 45.9. The third-order valence-corrected chi connectivity index (χ3v) is 11.5. The molecule has 0 saturated heterocycles. The van der Waals surface area contributed by atoms with E-state index in [1.54, 1.807) is 6.92 Å². The van der Waals surface area contributed by atoms with Gasteiger partial charge in [-0.05, 0) is 100 Å². The molecule has 4 saturated carbocycles. The standard InChI is InChI=1S/C28H46BrNO4/c1-6-7-12-30(5)16-25(33)34-24-15-28(4)20(17(2)31)10-11-21(28)19-9-8-18-13-23(32)22(29)14-27(18,3)26(19)24/h18-24,26,32H,6-16H2,1-5H3/t18-,19-,20+,21-,22-,23-,24-,26+,27-,28+/m0/s1. The van der Waals surface area contributed by atoms with Gasteiger partial charge in [0.05, 0.1) is 12.6 Å². The zero-order chi connectivity index (χ0) is 24.8. The van der Waals surface area contributed by atoms with E-state index in [4.69, 9.17) is 4.74 Å². The van der Waals surface area contributed by atoms with Gasteiger partial charge in [-0.3, -0.25) is 14.5 Å². The molecule has 0 radical (unpaired) electrons. The molecular weight excluding hydrogens is 494 g/mol. The van der Waals surface area contributed by atoms with Crippen LogP contribution in [0.5, 0.6) is 0 Å². The van der Waals surface area contributed by atoms with Gasteiger partial charge in [0.25, 0.3) is 0 Å². The van der Waals surface area contributed by atoms with Crippen LogP contribution in [0.3, 0.4) is 0 Å². The van der Waals surface area contributed by atoms with Crippen LogP contribution >= 0.6 is 15.9 Å². The van der Waals surface area contributed by atoms with Crippen molar-refractivity contribution in [2.24, 2.45) is 40.4 Å². The molecule has 4 aliphatic rings. The summed E-state index contributed by atoms with van der Waals surface area (Å²) in [6.07, 6.45) is 8.62. The van der Waals surface area contributed by atoms with Gasteiger partial charge in [0.2, 0.25) is 0 Å². The molecule has 0 amide bonds. The first-order valence-electron chi connectivity index (χ1n) is 13.7. The number of Topliss-reactive ketones (excluding diaryl/α,β-unsaturated/α-hetero) is 1. The number of fused-ring (bicyclic) bond motifs is 5. The minimum atomic E-state index is -0.301. The Morgan fingerprint density at radius 1 is 1.12 bits per heavy atom. The third-order valence-electron chi connectivity index (χ3n) is 10.6. The topological polar surface area (TPSA) is 66.8 Å². The van der Waals surface area contributed by atoms with E-state index < -0.39 is 0 Å². The Labute approximate surface area is 214 Å². The number of hydrogen-bond acceptors (Lipinski definition) is 5. The monoisotopic (exact) mass is 539 g/mol. The predicted octanol–water partition coefficient (Wildman–Crippen LogP) is 5.22. The Bertz CT molecular complexity index is 776. The summed E-state index contributed by atoms with van der Waals surface area (Å²) in [7, 11) is 2.00. The zero-order valence-corrected chi connectivity index (χ0v) is 23.5. The summed E-state index contributed by atoms with van der Waals surface area (Å²) in [6.45, 7) is 9.86. The second-order valence-corrected chi connectivity index (χ2v) is 13.8. The maximum absolute atomic E-state index is 13.2. The van der Waals surface area contributed by atoms with Gasteiger partial charge in [0.1, 0.15) is 11.9 Å². The molecule has 0 spiro atoms. The number of aliphatic hydroxyl groups excluding tert-OH is 1. The molecule has 0 heterocycles. The van der Waals surface area contributed by atoms with Crippen molar-refractivity contribution in [3.05, 3.63) is 0 Å². The smallest absolute Gasteiger partial charge is 0.320 e. The van der Waals surface area contributed by atoms with Gasteiger partial charge in [-0.15, -0.1) is 0 Å². The molecule has 0 aliphatic heterocycles. The maximum Gasteiger partial charge on any atom is 0.320 e. The SMILES string of the molecule is CCCCN(C)CC(=O)O[C@H]1C[C@]2(C)[C@@H](C(C)=O)CC[C@H]2[C@@H]2CC[C@H]3C[C@H](O)[C@@H](Br)C[C@]3(C)[C@H]21. The van der Waals surface area contributed by atoms with E-state index in [9.17, 15) is 14.7 Å². The first-order valence-corrected chi connectivity index (χ1v) is 14.6. The van der Waals surface area contributed by atoms with Crippen molar-refractivity contribution >= 4 is 27.7 Å². The van der Waals surface area contributed by atoms with Crippen LogP contribution in [-0.4, -0.2) is 58.9 Å². The number of esters is 1. The summed E-state index contributed by atoms with van der Waals surface area (Å²) in [5.74, 6) is 2.01. The minimum Gasteiger partial charge on any atom is -0.461 e. The second-order valence-electron chi connectivity index (χ2n) is 12.7. The van der Waals surface area contributed by atoms with Gasteiger partial charge in [-0.25, -0.2) is 0 Å². The lowest BCUT2D eigenvalue weighted by Crippen LogP contribution is -2.61. The van der Waals surface area contributed by atoms with Gasteiger partial charge in [0, 0.05) is 16.7 Å².